The summed E-state index contributed by atoms with van der Waals surface area (Å²) in [7, 11) is 0. The molecule has 0 unspecified atom stereocenters. The van der Waals surface area contributed by atoms with Gasteiger partial charge in [0, 0.05) is 6.04 Å². The van der Waals surface area contributed by atoms with Crippen molar-refractivity contribution in [2.75, 3.05) is 13.2 Å². The molecule has 0 radical (unpaired) electrons. The molecule has 2 atom stereocenters. The molecule has 2 rings (SSSR count). The Morgan fingerprint density at radius 3 is 2.88 bits per heavy atom. The van der Waals surface area contributed by atoms with Crippen molar-refractivity contribution in [3.63, 3.8) is 0 Å². The maximum absolute atomic E-state index is 5.94. The minimum absolute atomic E-state index is 0.0988. The van der Waals surface area contributed by atoms with Crippen molar-refractivity contribution >= 4 is 0 Å². The summed E-state index contributed by atoms with van der Waals surface area (Å²) < 4.78 is 11.6. The molecule has 3 nitrogen and oxygen atoms in total. The predicted octanol–water partition coefficient (Wildman–Crippen LogP) is 2.60. The van der Waals surface area contributed by atoms with Gasteiger partial charge in [-0.1, -0.05) is 25.5 Å². The van der Waals surface area contributed by atoms with Crippen LogP contribution < -0.4 is 14.8 Å². The van der Waals surface area contributed by atoms with E-state index in [1.54, 1.807) is 0 Å². The quantitative estimate of drug-likeness (QED) is 0.796. The number of para-hydroxylation sites is 2. The molecule has 94 valence electrons. The van der Waals surface area contributed by atoms with Gasteiger partial charge in [-0.05, 0) is 32.0 Å². The van der Waals surface area contributed by atoms with Crippen LogP contribution in [0.15, 0.2) is 24.3 Å². The summed E-state index contributed by atoms with van der Waals surface area (Å²) in [6.45, 7) is 6.01. The van der Waals surface area contributed by atoms with Crippen molar-refractivity contribution in [1.29, 1.82) is 0 Å². The van der Waals surface area contributed by atoms with E-state index >= 15 is 0 Å². The molecular weight excluding hydrogens is 214 g/mol. The highest BCUT2D eigenvalue weighted by molar-refractivity contribution is 5.40. The third-order valence-corrected chi connectivity index (χ3v) is 3.08. The lowest BCUT2D eigenvalue weighted by atomic mass is 10.1. The van der Waals surface area contributed by atoms with Gasteiger partial charge >= 0.3 is 0 Å². The van der Waals surface area contributed by atoms with Gasteiger partial charge in [0.15, 0.2) is 11.5 Å². The second-order valence-electron chi connectivity index (χ2n) is 4.51. The molecule has 0 spiro atoms. The van der Waals surface area contributed by atoms with E-state index in [0.717, 1.165) is 18.0 Å². The number of benzene rings is 1. The minimum Gasteiger partial charge on any atom is -0.486 e. The van der Waals surface area contributed by atoms with Gasteiger partial charge in [0.25, 0.3) is 0 Å². The van der Waals surface area contributed by atoms with Crippen LogP contribution in [0.2, 0.25) is 0 Å². The first-order valence-electron chi connectivity index (χ1n) is 6.43. The summed E-state index contributed by atoms with van der Waals surface area (Å²) in [4.78, 5) is 0. The summed E-state index contributed by atoms with van der Waals surface area (Å²) in [5, 5.41) is 3.48. The molecule has 0 saturated carbocycles. The Hall–Kier alpha value is -1.22. The van der Waals surface area contributed by atoms with Crippen LogP contribution in [0.3, 0.4) is 0 Å². The third kappa shape index (κ3) is 3.13. The molecule has 0 saturated heterocycles. The van der Waals surface area contributed by atoms with Crippen LogP contribution in [-0.4, -0.2) is 25.3 Å². The van der Waals surface area contributed by atoms with Gasteiger partial charge in [0.1, 0.15) is 12.7 Å². The Balaban J connectivity index is 1.88. The molecular formula is C14H21NO2. The van der Waals surface area contributed by atoms with Crippen molar-refractivity contribution in [3.05, 3.63) is 24.3 Å². The molecule has 17 heavy (non-hydrogen) atoms. The summed E-state index contributed by atoms with van der Waals surface area (Å²) >= 11 is 0. The normalized spacial score (nSPS) is 20.0. The molecule has 1 aromatic carbocycles. The summed E-state index contributed by atoms with van der Waals surface area (Å²) in [6, 6.07) is 8.15. The number of hydrogen-bond donors (Lipinski definition) is 1. The van der Waals surface area contributed by atoms with E-state index in [1.165, 1.54) is 12.8 Å². The van der Waals surface area contributed by atoms with Crippen molar-refractivity contribution in [2.24, 2.45) is 0 Å². The number of hydrogen-bond acceptors (Lipinski definition) is 3. The van der Waals surface area contributed by atoms with E-state index < -0.39 is 0 Å². The van der Waals surface area contributed by atoms with Gasteiger partial charge in [-0.25, -0.2) is 0 Å². The highest BCUT2D eigenvalue weighted by Gasteiger charge is 2.25. The molecule has 1 N–H and O–H groups in total. The number of rotatable bonds is 5. The van der Waals surface area contributed by atoms with Crippen LogP contribution in [-0.2, 0) is 0 Å². The second-order valence-corrected chi connectivity index (χ2v) is 4.51. The van der Waals surface area contributed by atoms with Crippen molar-refractivity contribution in [1.82, 2.24) is 5.32 Å². The van der Waals surface area contributed by atoms with Gasteiger partial charge in [0.2, 0.25) is 0 Å². The first kappa shape index (κ1) is 12.2. The second kappa shape index (κ2) is 5.92. The fourth-order valence-corrected chi connectivity index (χ4v) is 1.92. The van der Waals surface area contributed by atoms with Gasteiger partial charge in [0.05, 0.1) is 0 Å². The Bertz CT molecular complexity index is 354. The first-order valence-corrected chi connectivity index (χ1v) is 6.43. The Kier molecular flexibility index (Phi) is 4.26. The fourth-order valence-electron chi connectivity index (χ4n) is 1.92. The zero-order valence-corrected chi connectivity index (χ0v) is 10.6. The first-order chi connectivity index (χ1) is 8.31. The lowest BCUT2D eigenvalue weighted by Gasteiger charge is -2.30. The average molecular weight is 235 g/mol. The summed E-state index contributed by atoms with van der Waals surface area (Å²) in [5.74, 6) is 1.71. The van der Waals surface area contributed by atoms with Crippen LogP contribution in [0.4, 0.5) is 0 Å². The maximum atomic E-state index is 5.94. The smallest absolute Gasteiger partial charge is 0.161 e. The predicted molar refractivity (Wildman–Crippen MR) is 68.7 cm³/mol. The monoisotopic (exact) mass is 235 g/mol. The van der Waals surface area contributed by atoms with E-state index in [-0.39, 0.29) is 6.10 Å². The van der Waals surface area contributed by atoms with E-state index in [1.807, 2.05) is 24.3 Å². The Morgan fingerprint density at radius 1 is 1.35 bits per heavy atom. The minimum atomic E-state index is 0.0988. The van der Waals surface area contributed by atoms with E-state index in [0.29, 0.717) is 12.6 Å². The lowest BCUT2D eigenvalue weighted by Crippen LogP contribution is -2.46. The van der Waals surface area contributed by atoms with Gasteiger partial charge < -0.3 is 14.8 Å². The molecule has 1 heterocycles. The molecule has 0 fully saturated rings. The number of unbranched alkanes of at least 4 members (excludes halogenated alkanes) is 1. The molecule has 1 aliphatic rings. The van der Waals surface area contributed by atoms with Crippen LogP contribution >= 0.6 is 0 Å². The standard InChI is InChI=1S/C14H21NO2/c1-3-4-9-15-11(2)14-10-16-12-7-5-6-8-13(12)17-14/h5-8,11,14-15H,3-4,9-10H2,1-2H3/t11-,14-/m0/s1. The number of nitrogens with one attached hydrogen (secondary N) is 1. The molecule has 0 amide bonds. The third-order valence-electron chi connectivity index (χ3n) is 3.08. The van der Waals surface area contributed by atoms with Crippen LogP contribution in [0.1, 0.15) is 26.7 Å². The van der Waals surface area contributed by atoms with Gasteiger partial charge in [-0.3, -0.25) is 0 Å². The van der Waals surface area contributed by atoms with Crippen molar-refractivity contribution in [2.45, 2.75) is 38.8 Å². The number of fused-ring (bicyclic) bond motifs is 1. The molecule has 3 heteroatoms. The fraction of sp³-hybridized carbons (Fsp3) is 0.571. The zero-order valence-electron chi connectivity index (χ0n) is 10.6. The largest absolute Gasteiger partial charge is 0.486 e. The Morgan fingerprint density at radius 2 is 2.12 bits per heavy atom. The average Bonchev–Trinajstić information content (AvgIpc) is 2.38. The van der Waals surface area contributed by atoms with Crippen molar-refractivity contribution < 1.29 is 9.47 Å². The van der Waals surface area contributed by atoms with Gasteiger partial charge in [-0.15, -0.1) is 0 Å². The molecule has 0 aliphatic carbocycles. The Labute approximate surface area is 103 Å². The summed E-state index contributed by atoms with van der Waals surface area (Å²) in [5.41, 5.74) is 0. The van der Waals surface area contributed by atoms with E-state index in [4.69, 9.17) is 9.47 Å². The molecule has 1 aliphatic heterocycles. The van der Waals surface area contributed by atoms with E-state index in [2.05, 4.69) is 19.2 Å². The molecule has 1 aromatic rings. The highest BCUT2D eigenvalue weighted by atomic mass is 16.6. The topological polar surface area (TPSA) is 30.5 Å². The molecule has 0 aromatic heterocycles. The molecule has 0 bridgehead atoms. The van der Waals surface area contributed by atoms with Crippen LogP contribution in [0.5, 0.6) is 11.5 Å². The lowest BCUT2D eigenvalue weighted by molar-refractivity contribution is 0.0667. The van der Waals surface area contributed by atoms with E-state index in [9.17, 15) is 0 Å². The maximum Gasteiger partial charge on any atom is 0.161 e. The zero-order chi connectivity index (χ0) is 12.1. The highest BCUT2D eigenvalue weighted by Crippen LogP contribution is 2.31. The van der Waals surface area contributed by atoms with Crippen molar-refractivity contribution in [3.8, 4) is 11.5 Å². The SMILES string of the molecule is CCCCN[C@@H](C)[C@@H]1COc2ccccc2O1. The van der Waals surface area contributed by atoms with Crippen LogP contribution in [0.25, 0.3) is 0 Å². The van der Waals surface area contributed by atoms with Gasteiger partial charge in [-0.2, -0.15) is 0 Å². The number of ether oxygens (including phenoxy) is 2. The van der Waals surface area contributed by atoms with Crippen LogP contribution in [0, 0.1) is 0 Å². The summed E-state index contributed by atoms with van der Waals surface area (Å²) in [6.07, 6.45) is 2.51.